The van der Waals surface area contributed by atoms with E-state index >= 15 is 0 Å². The quantitative estimate of drug-likeness (QED) is 0.804. The number of carbonyl (C=O) groups is 2. The van der Waals surface area contributed by atoms with Crippen LogP contribution in [0.25, 0.3) is 0 Å². The van der Waals surface area contributed by atoms with Gasteiger partial charge in [0, 0.05) is 18.0 Å². The van der Waals surface area contributed by atoms with Crippen molar-refractivity contribution in [3.8, 4) is 0 Å². The third kappa shape index (κ3) is 2.10. The van der Waals surface area contributed by atoms with Crippen molar-refractivity contribution in [1.29, 1.82) is 0 Å². The number of aryl methyl sites for hydroxylation is 1. The van der Waals surface area contributed by atoms with E-state index in [-0.39, 0.29) is 5.92 Å². The molecule has 0 spiro atoms. The van der Waals surface area contributed by atoms with Crippen molar-refractivity contribution in [1.82, 2.24) is 4.98 Å². The van der Waals surface area contributed by atoms with E-state index in [9.17, 15) is 9.59 Å². The van der Waals surface area contributed by atoms with E-state index in [4.69, 9.17) is 5.11 Å². The molecule has 0 aromatic carbocycles. The molecular weight excluding hydrogens is 244 g/mol. The van der Waals surface area contributed by atoms with Gasteiger partial charge in [-0.05, 0) is 6.92 Å². The predicted molar refractivity (Wildman–Crippen MR) is 61.5 cm³/mol. The van der Waals surface area contributed by atoms with Crippen LogP contribution in [0.15, 0.2) is 0 Å². The fourth-order valence-corrected chi connectivity index (χ4v) is 2.51. The summed E-state index contributed by atoms with van der Waals surface area (Å²) >= 11 is 1.38. The minimum atomic E-state index is -0.789. The van der Waals surface area contributed by atoms with Crippen molar-refractivity contribution in [2.45, 2.75) is 6.92 Å². The first kappa shape index (κ1) is 11.8. The molecule has 7 heteroatoms. The molecule has 92 valence electrons. The van der Waals surface area contributed by atoms with Crippen LogP contribution in [-0.4, -0.2) is 42.2 Å². The van der Waals surface area contributed by atoms with E-state index in [0.717, 1.165) is 4.88 Å². The Morgan fingerprint density at radius 3 is 2.71 bits per heavy atom. The van der Waals surface area contributed by atoms with Crippen molar-refractivity contribution in [3.05, 3.63) is 10.6 Å². The van der Waals surface area contributed by atoms with Crippen LogP contribution >= 0.6 is 11.3 Å². The van der Waals surface area contributed by atoms with Gasteiger partial charge in [0.1, 0.15) is 0 Å². The molecule has 1 aliphatic rings. The lowest BCUT2D eigenvalue weighted by Crippen LogP contribution is -2.50. The number of ether oxygens (including phenoxy) is 1. The van der Waals surface area contributed by atoms with Gasteiger partial charge in [0.25, 0.3) is 0 Å². The molecule has 6 nitrogen and oxygen atoms in total. The highest BCUT2D eigenvalue weighted by Crippen LogP contribution is 2.31. The van der Waals surface area contributed by atoms with E-state index in [1.165, 1.54) is 18.4 Å². The van der Waals surface area contributed by atoms with Crippen LogP contribution in [0.5, 0.6) is 0 Å². The summed E-state index contributed by atoms with van der Waals surface area (Å²) in [6.07, 6.45) is 0. The van der Waals surface area contributed by atoms with Gasteiger partial charge in [0.15, 0.2) is 10.8 Å². The maximum absolute atomic E-state index is 11.4. The van der Waals surface area contributed by atoms with Crippen LogP contribution < -0.4 is 4.90 Å². The molecule has 0 amide bonds. The molecule has 0 aliphatic carbocycles. The molecule has 0 atom stereocenters. The number of carbonyl (C=O) groups excluding carboxylic acids is 1. The molecule has 1 aliphatic heterocycles. The highest BCUT2D eigenvalue weighted by Gasteiger charge is 2.34. The Morgan fingerprint density at radius 2 is 2.18 bits per heavy atom. The van der Waals surface area contributed by atoms with Gasteiger partial charge in [-0.3, -0.25) is 4.79 Å². The Labute approximate surface area is 102 Å². The third-order valence-electron chi connectivity index (χ3n) is 2.67. The molecule has 0 saturated carbocycles. The van der Waals surface area contributed by atoms with Gasteiger partial charge >= 0.3 is 11.9 Å². The van der Waals surface area contributed by atoms with Crippen LogP contribution in [0.3, 0.4) is 0 Å². The number of hydrogen-bond donors (Lipinski definition) is 1. The number of methoxy groups -OCH3 is 1. The van der Waals surface area contributed by atoms with E-state index in [1.807, 2.05) is 4.90 Å². The van der Waals surface area contributed by atoms with Crippen molar-refractivity contribution < 1.29 is 19.4 Å². The van der Waals surface area contributed by atoms with E-state index < -0.39 is 11.9 Å². The number of carboxylic acid groups (broad SMARTS) is 1. The molecule has 1 aromatic heterocycles. The number of thiazole rings is 1. The van der Waals surface area contributed by atoms with Crippen molar-refractivity contribution in [2.75, 3.05) is 25.1 Å². The molecule has 2 rings (SSSR count). The van der Waals surface area contributed by atoms with Crippen molar-refractivity contribution in [3.63, 3.8) is 0 Å². The molecule has 17 heavy (non-hydrogen) atoms. The molecule has 0 bridgehead atoms. The highest BCUT2D eigenvalue weighted by atomic mass is 32.1. The van der Waals surface area contributed by atoms with E-state index in [0.29, 0.717) is 23.9 Å². The molecule has 1 fully saturated rings. The van der Waals surface area contributed by atoms with Crippen LogP contribution in [0, 0.1) is 12.8 Å². The van der Waals surface area contributed by atoms with Gasteiger partial charge in [-0.1, -0.05) is 0 Å². The minimum absolute atomic E-state index is 0.311. The van der Waals surface area contributed by atoms with Crippen LogP contribution in [0.1, 0.15) is 15.4 Å². The molecule has 1 N–H and O–H groups in total. The Hall–Kier alpha value is -1.63. The smallest absolute Gasteiger partial charge is 0.357 e. The van der Waals surface area contributed by atoms with Gasteiger partial charge in [-0.25, -0.2) is 9.78 Å². The average Bonchev–Trinajstić information content (AvgIpc) is 2.56. The molecule has 0 radical (unpaired) electrons. The minimum Gasteiger partial charge on any atom is -0.481 e. The number of nitrogens with zero attached hydrogens (tertiary/aromatic N) is 2. The number of aliphatic carboxylic acids is 1. The van der Waals surface area contributed by atoms with E-state index in [2.05, 4.69) is 9.72 Å². The largest absolute Gasteiger partial charge is 0.481 e. The topological polar surface area (TPSA) is 79.7 Å². The Morgan fingerprint density at radius 1 is 1.53 bits per heavy atom. The molecule has 0 unspecified atom stereocenters. The summed E-state index contributed by atoms with van der Waals surface area (Å²) in [5, 5.41) is 9.45. The number of anilines is 1. The number of hydrogen-bond acceptors (Lipinski definition) is 6. The summed E-state index contributed by atoms with van der Waals surface area (Å²) in [4.78, 5) is 28.8. The zero-order valence-corrected chi connectivity index (χ0v) is 10.3. The van der Waals surface area contributed by atoms with Crippen molar-refractivity contribution >= 4 is 28.4 Å². The first-order valence-corrected chi connectivity index (χ1v) is 5.88. The fraction of sp³-hybridized carbons (Fsp3) is 0.500. The summed E-state index contributed by atoms with van der Waals surface area (Å²) < 4.78 is 4.61. The summed E-state index contributed by atoms with van der Waals surface area (Å²) in [6, 6.07) is 0. The first-order chi connectivity index (χ1) is 8.02. The fourth-order valence-electron chi connectivity index (χ4n) is 1.59. The summed E-state index contributed by atoms with van der Waals surface area (Å²) in [5.74, 6) is -1.58. The second-order valence-corrected chi connectivity index (χ2v) is 5.01. The lowest BCUT2D eigenvalue weighted by Gasteiger charge is -2.36. The van der Waals surface area contributed by atoms with Gasteiger partial charge in [0.2, 0.25) is 0 Å². The summed E-state index contributed by atoms with van der Waals surface area (Å²) in [7, 11) is 1.31. The number of carboxylic acids is 1. The SMILES string of the molecule is COC(=O)c1nc(N2CC(C(=O)O)C2)sc1C. The van der Waals surface area contributed by atoms with Gasteiger partial charge < -0.3 is 14.7 Å². The zero-order valence-electron chi connectivity index (χ0n) is 9.47. The molecule has 2 heterocycles. The first-order valence-electron chi connectivity index (χ1n) is 5.06. The monoisotopic (exact) mass is 256 g/mol. The predicted octanol–water partition coefficient (Wildman–Crippen LogP) is 0.759. The summed E-state index contributed by atoms with van der Waals surface area (Å²) in [5.41, 5.74) is 0.311. The standard InChI is InChI=1S/C10H12N2O4S/c1-5-7(9(15)16-2)11-10(17-5)12-3-6(4-12)8(13)14/h6H,3-4H2,1-2H3,(H,13,14). The Balaban J connectivity index is 2.09. The van der Waals surface area contributed by atoms with Gasteiger partial charge in [-0.2, -0.15) is 0 Å². The highest BCUT2D eigenvalue weighted by molar-refractivity contribution is 7.15. The van der Waals surface area contributed by atoms with Crippen molar-refractivity contribution in [2.24, 2.45) is 5.92 Å². The maximum Gasteiger partial charge on any atom is 0.357 e. The second kappa shape index (κ2) is 4.33. The zero-order chi connectivity index (χ0) is 12.6. The third-order valence-corrected chi connectivity index (χ3v) is 3.70. The number of aromatic nitrogens is 1. The normalized spacial score (nSPS) is 15.5. The lowest BCUT2D eigenvalue weighted by atomic mass is 10.0. The second-order valence-electron chi connectivity index (χ2n) is 3.83. The van der Waals surface area contributed by atoms with Crippen LogP contribution in [0.2, 0.25) is 0 Å². The number of esters is 1. The molecule has 1 aromatic rings. The van der Waals surface area contributed by atoms with Gasteiger partial charge in [-0.15, -0.1) is 11.3 Å². The van der Waals surface area contributed by atoms with Crippen LogP contribution in [0.4, 0.5) is 5.13 Å². The van der Waals surface area contributed by atoms with E-state index in [1.54, 1.807) is 6.92 Å². The Kier molecular flexibility index (Phi) is 3.01. The number of rotatable bonds is 3. The average molecular weight is 256 g/mol. The van der Waals surface area contributed by atoms with Crippen LogP contribution in [-0.2, 0) is 9.53 Å². The lowest BCUT2D eigenvalue weighted by molar-refractivity contribution is -0.142. The maximum atomic E-state index is 11.4. The molecule has 1 saturated heterocycles. The Bertz CT molecular complexity index is 465. The molecular formula is C10H12N2O4S. The summed E-state index contributed by atoms with van der Waals surface area (Å²) in [6.45, 7) is 2.69. The van der Waals surface area contributed by atoms with Gasteiger partial charge in [0.05, 0.1) is 13.0 Å².